The molecule has 0 saturated heterocycles. The molecule has 0 spiro atoms. The summed E-state index contributed by atoms with van der Waals surface area (Å²) >= 11 is 0. The second kappa shape index (κ2) is 1.74. The molecule has 0 heterocycles. The highest BCUT2D eigenvalue weighted by Crippen LogP contribution is 1.84. The maximum absolute atomic E-state index is 9.39. The Kier molecular flexibility index (Phi) is 1.70. The second-order valence-electron chi connectivity index (χ2n) is 0.841. The van der Waals surface area contributed by atoms with Gasteiger partial charge < -0.3 is 10.2 Å². The minimum atomic E-state index is -4.63. The summed E-state index contributed by atoms with van der Waals surface area (Å²) in [7, 11) is -4.63. The Morgan fingerprint density at radius 3 is 1.43 bits per heavy atom. The van der Waals surface area contributed by atoms with Crippen molar-refractivity contribution in [3.05, 3.63) is 0 Å². The van der Waals surface area contributed by atoms with E-state index in [4.69, 9.17) is 14.8 Å². The number of aliphatic hydroxyl groups is 2. The van der Waals surface area contributed by atoms with E-state index in [0.717, 1.165) is 0 Å². The third kappa shape index (κ3) is 2.52. The average Bonchev–Trinajstić information content (AvgIpc) is 1.31. The van der Waals surface area contributed by atoms with Gasteiger partial charge in [0.2, 0.25) is 0 Å². The van der Waals surface area contributed by atoms with Crippen molar-refractivity contribution in [1.29, 1.82) is 0 Å². The van der Waals surface area contributed by atoms with Crippen molar-refractivity contribution >= 4 is 10.1 Å². The van der Waals surface area contributed by atoms with Crippen LogP contribution < -0.4 is 0 Å². The maximum Gasteiger partial charge on any atom is 0.318 e. The Balaban J connectivity index is 4.10. The van der Waals surface area contributed by atoms with Gasteiger partial charge in [0, 0.05) is 0 Å². The molecule has 0 saturated carbocycles. The zero-order valence-electron chi connectivity index (χ0n) is 3.14. The lowest BCUT2D eigenvalue weighted by Crippen LogP contribution is -2.17. The first kappa shape index (κ1) is 6.83. The molecule has 7 heavy (non-hydrogen) atoms. The first-order chi connectivity index (χ1) is 2.94. The smallest absolute Gasteiger partial charge is 0.318 e. The van der Waals surface area contributed by atoms with Crippen LogP contribution in [0.4, 0.5) is 0 Å². The van der Waals surface area contributed by atoms with Gasteiger partial charge >= 0.3 is 10.1 Å². The molecule has 0 fully saturated rings. The molecule has 0 aromatic rings. The van der Waals surface area contributed by atoms with E-state index in [1.165, 1.54) is 0 Å². The third-order valence-corrected chi connectivity index (χ3v) is 0.799. The molecule has 0 amide bonds. The van der Waals surface area contributed by atoms with Gasteiger partial charge in [-0.3, -0.25) is 4.55 Å². The molecule has 0 aliphatic heterocycles. The number of rotatable bonds is 1. The van der Waals surface area contributed by atoms with E-state index in [9.17, 15) is 8.42 Å². The van der Waals surface area contributed by atoms with E-state index >= 15 is 0 Å². The van der Waals surface area contributed by atoms with Crippen molar-refractivity contribution in [3.8, 4) is 0 Å². The zero-order valence-corrected chi connectivity index (χ0v) is 3.96. The first-order valence-corrected chi connectivity index (χ1v) is 2.77. The fourth-order valence-electron chi connectivity index (χ4n) is 0. The molecule has 0 bridgehead atoms. The SMILES string of the molecule is O=S(=O)(O)C(O)O. The molecular formula is CH4O5S. The Hall–Kier alpha value is -0.170. The lowest BCUT2D eigenvalue weighted by molar-refractivity contribution is 0.0238. The number of hydrogen-bond acceptors (Lipinski definition) is 4. The largest absolute Gasteiger partial charge is 0.354 e. The standard InChI is InChI=1S/CH4O5S/c2-1(3)7(4,5)6/h1-3H,(H,4,5,6). The summed E-state index contributed by atoms with van der Waals surface area (Å²) in [6, 6.07) is 0. The van der Waals surface area contributed by atoms with Crippen LogP contribution in [0.3, 0.4) is 0 Å². The summed E-state index contributed by atoms with van der Waals surface area (Å²) in [5.41, 5.74) is -2.67. The van der Waals surface area contributed by atoms with Gasteiger partial charge in [-0.2, -0.15) is 8.42 Å². The van der Waals surface area contributed by atoms with Gasteiger partial charge in [0.25, 0.3) is 5.62 Å². The predicted octanol–water partition coefficient (Wildman–Crippen LogP) is -1.86. The predicted molar refractivity (Wildman–Crippen MR) is 19.8 cm³/mol. The van der Waals surface area contributed by atoms with E-state index in [1.807, 2.05) is 0 Å². The minimum Gasteiger partial charge on any atom is -0.354 e. The lowest BCUT2D eigenvalue weighted by atomic mass is 11.5. The van der Waals surface area contributed by atoms with Gasteiger partial charge in [0.15, 0.2) is 0 Å². The second-order valence-corrected chi connectivity index (χ2v) is 2.29. The third-order valence-electron chi connectivity index (χ3n) is 0.266. The molecule has 0 aliphatic carbocycles. The van der Waals surface area contributed by atoms with Crippen LogP contribution in [-0.2, 0) is 10.1 Å². The molecule has 0 atom stereocenters. The summed E-state index contributed by atoms with van der Waals surface area (Å²) in [6.07, 6.45) is 0. The zero-order chi connectivity index (χ0) is 6.08. The normalized spacial score (nSPS) is 12.6. The van der Waals surface area contributed by atoms with Gasteiger partial charge in [0.05, 0.1) is 0 Å². The van der Waals surface area contributed by atoms with Crippen molar-refractivity contribution in [1.82, 2.24) is 0 Å². The van der Waals surface area contributed by atoms with Crippen LogP contribution in [0.15, 0.2) is 0 Å². The Morgan fingerprint density at radius 2 is 1.43 bits per heavy atom. The van der Waals surface area contributed by atoms with Crippen LogP contribution in [0.1, 0.15) is 0 Å². The van der Waals surface area contributed by atoms with Gasteiger partial charge in [-0.25, -0.2) is 0 Å². The number of aliphatic hydroxyl groups excluding tert-OH is 1. The van der Waals surface area contributed by atoms with Crippen LogP contribution in [0.2, 0.25) is 0 Å². The average molecular weight is 128 g/mol. The molecule has 0 aromatic carbocycles. The molecule has 6 heteroatoms. The number of hydrogen-bond donors (Lipinski definition) is 3. The molecule has 0 unspecified atom stereocenters. The summed E-state index contributed by atoms with van der Waals surface area (Å²) < 4.78 is 26.3. The van der Waals surface area contributed by atoms with Crippen molar-refractivity contribution in [2.45, 2.75) is 5.62 Å². The fraction of sp³-hybridized carbons (Fsp3) is 1.00. The van der Waals surface area contributed by atoms with E-state index in [-0.39, 0.29) is 0 Å². The van der Waals surface area contributed by atoms with E-state index < -0.39 is 15.7 Å². The molecular weight excluding hydrogens is 124 g/mol. The summed E-state index contributed by atoms with van der Waals surface area (Å²) in [5.74, 6) is 0. The van der Waals surface area contributed by atoms with Crippen LogP contribution in [0.5, 0.6) is 0 Å². The van der Waals surface area contributed by atoms with Crippen LogP contribution in [0, 0.1) is 0 Å². The Labute approximate surface area is 40.0 Å². The van der Waals surface area contributed by atoms with E-state index in [1.54, 1.807) is 0 Å². The van der Waals surface area contributed by atoms with E-state index in [2.05, 4.69) is 0 Å². The molecule has 44 valence electrons. The van der Waals surface area contributed by atoms with Crippen LogP contribution in [0.25, 0.3) is 0 Å². The highest BCUT2D eigenvalue weighted by molar-refractivity contribution is 7.86. The van der Waals surface area contributed by atoms with Gasteiger partial charge in [0.1, 0.15) is 0 Å². The van der Waals surface area contributed by atoms with Gasteiger partial charge in [-0.1, -0.05) is 0 Å². The Bertz CT molecular complexity index is 130. The van der Waals surface area contributed by atoms with E-state index in [0.29, 0.717) is 0 Å². The van der Waals surface area contributed by atoms with Crippen molar-refractivity contribution < 1.29 is 23.2 Å². The summed E-state index contributed by atoms with van der Waals surface area (Å²) in [6.45, 7) is 0. The molecule has 0 aliphatic rings. The van der Waals surface area contributed by atoms with Crippen molar-refractivity contribution in [2.24, 2.45) is 0 Å². The minimum absolute atomic E-state index is 2.67. The highest BCUT2D eigenvalue weighted by Gasteiger charge is 2.13. The topological polar surface area (TPSA) is 94.8 Å². The van der Waals surface area contributed by atoms with Gasteiger partial charge in [-0.15, -0.1) is 0 Å². The highest BCUT2D eigenvalue weighted by atomic mass is 32.2. The summed E-state index contributed by atoms with van der Waals surface area (Å²) in [5, 5.41) is 15.2. The fourth-order valence-corrected chi connectivity index (χ4v) is 0. The van der Waals surface area contributed by atoms with Crippen molar-refractivity contribution in [2.75, 3.05) is 0 Å². The monoisotopic (exact) mass is 128 g/mol. The molecule has 0 radical (unpaired) electrons. The van der Waals surface area contributed by atoms with Crippen molar-refractivity contribution in [3.63, 3.8) is 0 Å². The molecule has 3 N–H and O–H groups in total. The van der Waals surface area contributed by atoms with Crippen LogP contribution in [-0.4, -0.2) is 28.8 Å². The molecule has 0 rings (SSSR count). The molecule has 0 aromatic heterocycles. The van der Waals surface area contributed by atoms with Gasteiger partial charge in [-0.05, 0) is 0 Å². The first-order valence-electron chi connectivity index (χ1n) is 1.27. The van der Waals surface area contributed by atoms with Crippen LogP contribution >= 0.6 is 0 Å². The lowest BCUT2D eigenvalue weighted by Gasteiger charge is -1.93. The summed E-state index contributed by atoms with van der Waals surface area (Å²) in [4.78, 5) is 0. The Morgan fingerprint density at radius 1 is 1.29 bits per heavy atom. The maximum atomic E-state index is 9.39. The molecule has 5 nitrogen and oxygen atoms in total. The quantitative estimate of drug-likeness (QED) is 0.284.